The molecule has 0 saturated carbocycles. The second-order valence-corrected chi connectivity index (χ2v) is 8.20. The molecule has 4 rings (SSSR count). The molecule has 1 atom stereocenters. The summed E-state index contributed by atoms with van der Waals surface area (Å²) < 4.78 is 44.9. The van der Waals surface area contributed by atoms with Gasteiger partial charge in [-0.15, -0.1) is 0 Å². The normalized spacial score (nSPS) is 17.2. The number of aliphatic hydroxyl groups excluding tert-OH is 1. The Morgan fingerprint density at radius 1 is 1.05 bits per heavy atom. The molecule has 3 aromatic carbocycles. The van der Waals surface area contributed by atoms with Crippen LogP contribution in [0.5, 0.6) is 5.75 Å². The Kier molecular flexibility index (Phi) is 6.71. The van der Waals surface area contributed by atoms with Gasteiger partial charge in [-0.3, -0.25) is 19.7 Å². The molecule has 1 fully saturated rings. The van der Waals surface area contributed by atoms with E-state index in [2.05, 4.69) is 0 Å². The molecule has 3 aromatic rings. The molecular weight excluding hydrogens is 493 g/mol. The molecular formula is C26H19F3N2O6. The predicted octanol–water partition coefficient (Wildman–Crippen LogP) is 5.24. The highest BCUT2D eigenvalue weighted by atomic mass is 19.4. The maximum absolute atomic E-state index is 13.2. The van der Waals surface area contributed by atoms with Crippen LogP contribution in [0.25, 0.3) is 5.76 Å². The van der Waals surface area contributed by atoms with Gasteiger partial charge in [0.2, 0.25) is 0 Å². The summed E-state index contributed by atoms with van der Waals surface area (Å²) in [5, 5.41) is 22.0. The first-order chi connectivity index (χ1) is 17.5. The highest BCUT2D eigenvalue weighted by Gasteiger charge is 2.46. The van der Waals surface area contributed by atoms with Crippen molar-refractivity contribution in [3.63, 3.8) is 0 Å². The molecule has 1 unspecified atom stereocenters. The molecule has 0 aromatic heterocycles. The van der Waals surface area contributed by atoms with E-state index in [-0.39, 0.29) is 28.9 Å². The van der Waals surface area contributed by atoms with Gasteiger partial charge in [0.25, 0.3) is 17.4 Å². The first kappa shape index (κ1) is 25.4. The number of alkyl halides is 3. The van der Waals surface area contributed by atoms with Gasteiger partial charge in [-0.1, -0.05) is 24.3 Å². The number of halogens is 3. The number of ketones is 1. The van der Waals surface area contributed by atoms with Crippen LogP contribution < -0.4 is 4.74 Å². The Hall–Kier alpha value is -4.67. The van der Waals surface area contributed by atoms with Gasteiger partial charge in [-0.05, 0) is 47.5 Å². The number of amides is 1. The SMILES string of the molecule is COc1ccc(C2/C(=C(\O)c3ccc([N+](=O)[O-])cc3)C(=O)C(=O)N2Cc2cccc(C(F)(F)F)c2)cc1. The number of methoxy groups -OCH3 is 1. The van der Waals surface area contributed by atoms with E-state index in [4.69, 9.17) is 4.74 Å². The maximum Gasteiger partial charge on any atom is 0.416 e. The average Bonchev–Trinajstić information content (AvgIpc) is 3.13. The van der Waals surface area contributed by atoms with Crippen LogP contribution in [0.1, 0.15) is 28.3 Å². The van der Waals surface area contributed by atoms with Crippen molar-refractivity contribution in [2.75, 3.05) is 7.11 Å². The summed E-state index contributed by atoms with van der Waals surface area (Å²) in [6.07, 6.45) is -4.60. The van der Waals surface area contributed by atoms with Crippen LogP contribution in [-0.4, -0.2) is 33.7 Å². The molecule has 190 valence electrons. The van der Waals surface area contributed by atoms with Crippen LogP contribution >= 0.6 is 0 Å². The average molecular weight is 512 g/mol. The highest BCUT2D eigenvalue weighted by molar-refractivity contribution is 6.46. The molecule has 1 aliphatic heterocycles. The minimum atomic E-state index is -4.60. The van der Waals surface area contributed by atoms with Crippen molar-refractivity contribution in [1.29, 1.82) is 0 Å². The number of benzene rings is 3. The van der Waals surface area contributed by atoms with Crippen molar-refractivity contribution in [3.8, 4) is 5.75 Å². The van der Waals surface area contributed by atoms with Crippen molar-refractivity contribution >= 4 is 23.1 Å². The highest BCUT2D eigenvalue weighted by Crippen LogP contribution is 2.41. The summed E-state index contributed by atoms with van der Waals surface area (Å²) in [7, 11) is 1.45. The maximum atomic E-state index is 13.2. The summed E-state index contributed by atoms with van der Waals surface area (Å²) in [5.74, 6) is -2.14. The monoisotopic (exact) mass is 512 g/mol. The molecule has 11 heteroatoms. The molecule has 0 aliphatic carbocycles. The topological polar surface area (TPSA) is 110 Å². The van der Waals surface area contributed by atoms with E-state index in [9.17, 15) is 38.0 Å². The van der Waals surface area contributed by atoms with E-state index in [1.807, 2.05) is 0 Å². The lowest BCUT2D eigenvalue weighted by atomic mass is 9.95. The number of carbonyl (C=O) groups excluding carboxylic acids is 2. The number of carbonyl (C=O) groups is 2. The molecule has 37 heavy (non-hydrogen) atoms. The van der Waals surface area contributed by atoms with Gasteiger partial charge >= 0.3 is 6.18 Å². The Labute approximate surface area is 208 Å². The Bertz CT molecular complexity index is 1400. The van der Waals surface area contributed by atoms with Gasteiger partial charge in [0.1, 0.15) is 11.5 Å². The molecule has 1 heterocycles. The Morgan fingerprint density at radius 2 is 1.70 bits per heavy atom. The number of aliphatic hydroxyl groups is 1. The first-order valence-corrected chi connectivity index (χ1v) is 10.8. The van der Waals surface area contributed by atoms with Crippen LogP contribution in [0.15, 0.2) is 78.4 Å². The number of ether oxygens (including phenoxy) is 1. The Morgan fingerprint density at radius 3 is 2.27 bits per heavy atom. The minimum absolute atomic E-state index is 0.0566. The van der Waals surface area contributed by atoms with Crippen LogP contribution in [-0.2, 0) is 22.3 Å². The lowest BCUT2D eigenvalue weighted by molar-refractivity contribution is -0.384. The van der Waals surface area contributed by atoms with Crippen molar-refractivity contribution in [3.05, 3.63) is 111 Å². The quantitative estimate of drug-likeness (QED) is 0.159. The molecule has 1 saturated heterocycles. The van der Waals surface area contributed by atoms with Crippen LogP contribution in [0.2, 0.25) is 0 Å². The lowest BCUT2D eigenvalue weighted by Crippen LogP contribution is -2.29. The van der Waals surface area contributed by atoms with Gasteiger partial charge in [0.15, 0.2) is 0 Å². The molecule has 8 nitrogen and oxygen atoms in total. The summed E-state index contributed by atoms with van der Waals surface area (Å²) in [5.41, 5.74) is -0.861. The fourth-order valence-corrected chi connectivity index (χ4v) is 4.12. The number of rotatable bonds is 6. The molecule has 1 N–H and O–H groups in total. The van der Waals surface area contributed by atoms with Crippen LogP contribution in [0.4, 0.5) is 18.9 Å². The summed E-state index contributed by atoms with van der Waals surface area (Å²) in [6, 6.07) is 14.3. The Balaban J connectivity index is 1.83. The third-order valence-electron chi connectivity index (χ3n) is 5.93. The van der Waals surface area contributed by atoms with Gasteiger partial charge in [-0.25, -0.2) is 0 Å². The fraction of sp³-hybridized carbons (Fsp3) is 0.154. The minimum Gasteiger partial charge on any atom is -0.507 e. The zero-order valence-corrected chi connectivity index (χ0v) is 19.2. The summed E-state index contributed by atoms with van der Waals surface area (Å²) in [6.45, 7) is -0.345. The third kappa shape index (κ3) is 5.01. The smallest absolute Gasteiger partial charge is 0.416 e. The fourth-order valence-electron chi connectivity index (χ4n) is 4.12. The van der Waals surface area contributed by atoms with Gasteiger partial charge in [-0.2, -0.15) is 13.2 Å². The van der Waals surface area contributed by atoms with E-state index < -0.39 is 40.2 Å². The van der Waals surface area contributed by atoms with E-state index >= 15 is 0 Å². The summed E-state index contributed by atoms with van der Waals surface area (Å²) in [4.78, 5) is 37.6. The van der Waals surface area contributed by atoms with Crippen molar-refractivity contribution in [1.82, 2.24) is 4.90 Å². The van der Waals surface area contributed by atoms with Crippen LogP contribution in [0, 0.1) is 10.1 Å². The van der Waals surface area contributed by atoms with Crippen LogP contribution in [0.3, 0.4) is 0 Å². The molecule has 1 amide bonds. The largest absolute Gasteiger partial charge is 0.507 e. The number of nitrogens with zero attached hydrogens (tertiary/aromatic N) is 2. The van der Waals surface area contributed by atoms with E-state index in [1.54, 1.807) is 24.3 Å². The number of nitro benzene ring substituents is 1. The zero-order chi connectivity index (χ0) is 26.9. The lowest BCUT2D eigenvalue weighted by Gasteiger charge is -2.26. The predicted molar refractivity (Wildman–Crippen MR) is 125 cm³/mol. The second kappa shape index (κ2) is 9.76. The zero-order valence-electron chi connectivity index (χ0n) is 19.2. The van der Waals surface area contributed by atoms with Gasteiger partial charge in [0, 0.05) is 24.2 Å². The molecule has 0 spiro atoms. The number of Topliss-reactive ketones (excluding diaryl/α,β-unsaturated/α-hetero) is 1. The third-order valence-corrected chi connectivity index (χ3v) is 5.93. The van der Waals surface area contributed by atoms with Crippen molar-refractivity contribution in [2.45, 2.75) is 18.8 Å². The molecule has 0 radical (unpaired) electrons. The van der Waals surface area contributed by atoms with Gasteiger partial charge in [0.05, 0.1) is 29.2 Å². The number of hydrogen-bond donors (Lipinski definition) is 1. The van der Waals surface area contributed by atoms with E-state index in [0.29, 0.717) is 11.3 Å². The van der Waals surface area contributed by atoms with Crippen molar-refractivity contribution < 1.29 is 37.5 Å². The number of nitro groups is 1. The van der Waals surface area contributed by atoms with E-state index in [1.165, 1.54) is 31.4 Å². The number of non-ortho nitro benzene ring substituents is 1. The van der Waals surface area contributed by atoms with E-state index in [0.717, 1.165) is 29.2 Å². The first-order valence-electron chi connectivity index (χ1n) is 10.8. The molecule has 0 bridgehead atoms. The number of hydrogen-bond acceptors (Lipinski definition) is 6. The number of likely N-dealkylation sites (tertiary alicyclic amines) is 1. The second-order valence-electron chi connectivity index (χ2n) is 8.20. The molecule has 1 aliphatic rings. The van der Waals surface area contributed by atoms with Gasteiger partial charge < -0.3 is 14.7 Å². The summed E-state index contributed by atoms with van der Waals surface area (Å²) >= 11 is 0. The standard InChI is InChI=1S/C26H19F3N2O6/c1-37-20-11-7-16(8-12-20)22-21(23(32)17-5-9-19(10-6-17)31(35)36)24(33)25(34)30(22)14-15-3-2-4-18(13-15)26(27,28)29/h2-13,22,32H,14H2,1H3/b23-21+. The van der Waals surface area contributed by atoms with Crippen molar-refractivity contribution in [2.24, 2.45) is 0 Å².